The summed E-state index contributed by atoms with van der Waals surface area (Å²) < 4.78 is 0. The molecule has 0 heterocycles. The standard InChI is InChI=1S/C19H31N/c1-13(2)17-6-7-19(20-5)18(12-17)11-16-9-14(3)8-15(4)10-16/h8-10,13,17-20H,6-7,11-12H2,1-5H3. The number of rotatable bonds is 4. The van der Waals surface area contributed by atoms with Gasteiger partial charge in [0.15, 0.2) is 0 Å². The van der Waals surface area contributed by atoms with Gasteiger partial charge in [-0.2, -0.15) is 0 Å². The second-order valence-corrected chi connectivity index (χ2v) is 7.17. The van der Waals surface area contributed by atoms with Crippen LogP contribution < -0.4 is 5.32 Å². The van der Waals surface area contributed by atoms with Crippen molar-refractivity contribution < 1.29 is 0 Å². The molecule has 1 saturated carbocycles. The van der Waals surface area contributed by atoms with Gasteiger partial charge in [-0.05, 0) is 69.9 Å². The Hall–Kier alpha value is -0.820. The minimum absolute atomic E-state index is 0.700. The minimum Gasteiger partial charge on any atom is -0.317 e. The fraction of sp³-hybridized carbons (Fsp3) is 0.684. The normalized spacial score (nSPS) is 27.0. The average molecular weight is 273 g/mol. The summed E-state index contributed by atoms with van der Waals surface area (Å²) in [7, 11) is 2.13. The van der Waals surface area contributed by atoms with E-state index in [9.17, 15) is 0 Å². The van der Waals surface area contributed by atoms with Gasteiger partial charge in [0.1, 0.15) is 0 Å². The van der Waals surface area contributed by atoms with Crippen molar-refractivity contribution in [3.8, 4) is 0 Å². The van der Waals surface area contributed by atoms with Crippen molar-refractivity contribution >= 4 is 0 Å². The number of hydrogen-bond acceptors (Lipinski definition) is 1. The molecular weight excluding hydrogens is 242 g/mol. The number of hydrogen-bond donors (Lipinski definition) is 1. The predicted molar refractivity (Wildman–Crippen MR) is 88.1 cm³/mol. The Morgan fingerprint density at radius 1 is 1.10 bits per heavy atom. The SMILES string of the molecule is CNC1CCC(C(C)C)CC1Cc1cc(C)cc(C)c1. The maximum Gasteiger partial charge on any atom is 0.00957 e. The lowest BCUT2D eigenvalue weighted by atomic mass is 9.71. The molecule has 0 radical (unpaired) electrons. The maximum absolute atomic E-state index is 3.56. The second-order valence-electron chi connectivity index (χ2n) is 7.17. The molecule has 112 valence electrons. The predicted octanol–water partition coefficient (Wildman–Crippen LogP) is 4.51. The lowest BCUT2D eigenvalue weighted by Crippen LogP contribution is -2.40. The zero-order chi connectivity index (χ0) is 14.7. The maximum atomic E-state index is 3.56. The fourth-order valence-electron chi connectivity index (χ4n) is 4.00. The van der Waals surface area contributed by atoms with Crippen molar-refractivity contribution in [1.29, 1.82) is 0 Å². The van der Waals surface area contributed by atoms with Crippen molar-refractivity contribution in [1.82, 2.24) is 5.32 Å². The molecule has 1 aromatic rings. The Morgan fingerprint density at radius 3 is 2.30 bits per heavy atom. The summed E-state index contributed by atoms with van der Waals surface area (Å²) in [6, 6.07) is 7.72. The summed E-state index contributed by atoms with van der Waals surface area (Å²) in [4.78, 5) is 0. The molecule has 0 spiro atoms. The Labute approximate surface area is 125 Å². The molecule has 1 aliphatic rings. The Kier molecular flexibility index (Phi) is 5.26. The Morgan fingerprint density at radius 2 is 1.75 bits per heavy atom. The van der Waals surface area contributed by atoms with Crippen LogP contribution in [0.4, 0.5) is 0 Å². The number of aryl methyl sites for hydroxylation is 2. The molecule has 3 atom stereocenters. The van der Waals surface area contributed by atoms with E-state index in [0.717, 1.165) is 17.8 Å². The van der Waals surface area contributed by atoms with Gasteiger partial charge in [0, 0.05) is 6.04 Å². The van der Waals surface area contributed by atoms with Gasteiger partial charge >= 0.3 is 0 Å². The van der Waals surface area contributed by atoms with E-state index in [-0.39, 0.29) is 0 Å². The van der Waals surface area contributed by atoms with Crippen LogP contribution in [0.15, 0.2) is 18.2 Å². The quantitative estimate of drug-likeness (QED) is 0.851. The highest BCUT2D eigenvalue weighted by molar-refractivity contribution is 5.29. The lowest BCUT2D eigenvalue weighted by molar-refractivity contribution is 0.173. The van der Waals surface area contributed by atoms with Crippen LogP contribution in [0.1, 0.15) is 49.8 Å². The highest BCUT2D eigenvalue weighted by Crippen LogP contribution is 2.35. The van der Waals surface area contributed by atoms with E-state index in [2.05, 4.69) is 58.3 Å². The largest absolute Gasteiger partial charge is 0.317 e. The third kappa shape index (κ3) is 3.85. The van der Waals surface area contributed by atoms with E-state index in [1.165, 1.54) is 42.4 Å². The molecular formula is C19H31N. The smallest absolute Gasteiger partial charge is 0.00957 e. The number of benzene rings is 1. The van der Waals surface area contributed by atoms with Crippen LogP contribution in [0.5, 0.6) is 0 Å². The van der Waals surface area contributed by atoms with Gasteiger partial charge in [0.05, 0.1) is 0 Å². The van der Waals surface area contributed by atoms with Crippen LogP contribution in [0.25, 0.3) is 0 Å². The van der Waals surface area contributed by atoms with Gasteiger partial charge in [-0.25, -0.2) is 0 Å². The highest BCUT2D eigenvalue weighted by Gasteiger charge is 2.30. The van der Waals surface area contributed by atoms with Crippen LogP contribution in [0.3, 0.4) is 0 Å². The summed E-state index contributed by atoms with van der Waals surface area (Å²) in [6.07, 6.45) is 5.36. The molecule has 0 aromatic heterocycles. The first-order chi connectivity index (χ1) is 9.49. The molecule has 1 aromatic carbocycles. The summed E-state index contributed by atoms with van der Waals surface area (Å²) in [6.45, 7) is 9.20. The van der Waals surface area contributed by atoms with E-state index in [0.29, 0.717) is 6.04 Å². The molecule has 1 N–H and O–H groups in total. The van der Waals surface area contributed by atoms with E-state index in [1.54, 1.807) is 0 Å². The first-order valence-electron chi connectivity index (χ1n) is 8.24. The molecule has 3 unspecified atom stereocenters. The monoisotopic (exact) mass is 273 g/mol. The zero-order valence-electron chi connectivity index (χ0n) is 13.9. The summed E-state index contributed by atoms with van der Waals surface area (Å²) in [5.41, 5.74) is 4.33. The summed E-state index contributed by atoms with van der Waals surface area (Å²) in [5.74, 6) is 2.53. The van der Waals surface area contributed by atoms with Gasteiger partial charge in [0.25, 0.3) is 0 Å². The van der Waals surface area contributed by atoms with Crippen LogP contribution in [0.2, 0.25) is 0 Å². The molecule has 1 aliphatic carbocycles. The minimum atomic E-state index is 0.700. The first kappa shape index (κ1) is 15.6. The number of nitrogens with one attached hydrogen (secondary N) is 1. The zero-order valence-corrected chi connectivity index (χ0v) is 13.9. The van der Waals surface area contributed by atoms with Crippen LogP contribution in [-0.2, 0) is 6.42 Å². The first-order valence-corrected chi connectivity index (χ1v) is 8.24. The molecule has 1 nitrogen and oxygen atoms in total. The van der Waals surface area contributed by atoms with Gasteiger partial charge in [-0.3, -0.25) is 0 Å². The van der Waals surface area contributed by atoms with Crippen LogP contribution >= 0.6 is 0 Å². The molecule has 0 bridgehead atoms. The van der Waals surface area contributed by atoms with Crippen molar-refractivity contribution in [2.24, 2.45) is 17.8 Å². The Balaban J connectivity index is 2.11. The van der Waals surface area contributed by atoms with Gasteiger partial charge in [0.2, 0.25) is 0 Å². The highest BCUT2D eigenvalue weighted by atomic mass is 14.9. The third-order valence-corrected chi connectivity index (χ3v) is 5.12. The molecule has 1 heteroatoms. The van der Waals surface area contributed by atoms with Gasteiger partial charge < -0.3 is 5.32 Å². The molecule has 0 aliphatic heterocycles. The fourth-order valence-corrected chi connectivity index (χ4v) is 4.00. The van der Waals surface area contributed by atoms with Crippen molar-refractivity contribution in [2.45, 2.75) is 59.4 Å². The van der Waals surface area contributed by atoms with E-state index in [4.69, 9.17) is 0 Å². The van der Waals surface area contributed by atoms with Crippen LogP contribution in [0, 0.1) is 31.6 Å². The van der Waals surface area contributed by atoms with Crippen molar-refractivity contribution in [3.05, 3.63) is 34.9 Å². The summed E-state index contributed by atoms with van der Waals surface area (Å²) >= 11 is 0. The molecule has 0 saturated heterocycles. The summed E-state index contributed by atoms with van der Waals surface area (Å²) in [5, 5.41) is 3.56. The molecule has 2 rings (SSSR count). The van der Waals surface area contributed by atoms with E-state index in [1.807, 2.05) is 0 Å². The van der Waals surface area contributed by atoms with E-state index >= 15 is 0 Å². The van der Waals surface area contributed by atoms with Crippen molar-refractivity contribution in [2.75, 3.05) is 7.05 Å². The molecule has 1 fully saturated rings. The lowest BCUT2D eigenvalue weighted by Gasteiger charge is -2.38. The van der Waals surface area contributed by atoms with Gasteiger partial charge in [-0.15, -0.1) is 0 Å². The molecule has 0 amide bonds. The average Bonchev–Trinajstić information content (AvgIpc) is 2.37. The second kappa shape index (κ2) is 6.76. The molecule has 20 heavy (non-hydrogen) atoms. The van der Waals surface area contributed by atoms with Gasteiger partial charge in [-0.1, -0.05) is 43.2 Å². The Bertz CT molecular complexity index is 415. The van der Waals surface area contributed by atoms with E-state index < -0.39 is 0 Å². The third-order valence-electron chi connectivity index (χ3n) is 5.12. The topological polar surface area (TPSA) is 12.0 Å². The van der Waals surface area contributed by atoms with Crippen molar-refractivity contribution in [3.63, 3.8) is 0 Å². The van der Waals surface area contributed by atoms with Crippen LogP contribution in [-0.4, -0.2) is 13.1 Å².